The number of aromatic nitrogens is 5. The molecular formula is C23H20BrN5O2. The number of aryl methyl sites for hydroxylation is 3. The first-order valence-electron chi connectivity index (χ1n) is 9.81. The van der Waals surface area contributed by atoms with Gasteiger partial charge in [-0.1, -0.05) is 34.1 Å². The van der Waals surface area contributed by atoms with E-state index in [1.54, 1.807) is 11.4 Å². The molecule has 7 nitrogen and oxygen atoms in total. The average molecular weight is 478 g/mol. The summed E-state index contributed by atoms with van der Waals surface area (Å²) in [5, 5.41) is 0. The van der Waals surface area contributed by atoms with Gasteiger partial charge >= 0.3 is 5.69 Å². The number of nitrogens with zero attached hydrogens (tertiary/aromatic N) is 5. The van der Waals surface area contributed by atoms with Crippen molar-refractivity contribution in [3.63, 3.8) is 0 Å². The molecule has 3 aromatic heterocycles. The van der Waals surface area contributed by atoms with Crippen molar-refractivity contribution < 1.29 is 0 Å². The predicted molar refractivity (Wildman–Crippen MR) is 125 cm³/mol. The van der Waals surface area contributed by atoms with Crippen LogP contribution in [-0.4, -0.2) is 23.1 Å². The molecule has 0 radical (unpaired) electrons. The molecule has 0 atom stereocenters. The van der Waals surface area contributed by atoms with E-state index in [-0.39, 0.29) is 5.56 Å². The van der Waals surface area contributed by atoms with Gasteiger partial charge in [-0.15, -0.1) is 0 Å². The van der Waals surface area contributed by atoms with E-state index >= 15 is 0 Å². The molecule has 5 aromatic rings. The van der Waals surface area contributed by atoms with Crippen molar-refractivity contribution >= 4 is 32.9 Å². The molecule has 0 amide bonds. The maximum atomic E-state index is 13.0. The van der Waals surface area contributed by atoms with Gasteiger partial charge in [0.1, 0.15) is 0 Å². The molecule has 0 bridgehead atoms. The number of halogens is 1. The minimum atomic E-state index is -0.399. The zero-order valence-electron chi connectivity index (χ0n) is 17.5. The number of hydrogen-bond acceptors (Lipinski definition) is 3. The van der Waals surface area contributed by atoms with Crippen LogP contribution in [0.4, 0.5) is 0 Å². The fourth-order valence-electron chi connectivity index (χ4n) is 3.91. The van der Waals surface area contributed by atoms with Gasteiger partial charge in [-0.2, -0.15) is 4.98 Å². The Morgan fingerprint density at radius 3 is 2.29 bits per heavy atom. The minimum absolute atomic E-state index is 0.364. The molecule has 2 aromatic carbocycles. The molecule has 0 aliphatic heterocycles. The quantitative estimate of drug-likeness (QED) is 0.389. The second-order valence-corrected chi connectivity index (χ2v) is 8.70. The molecule has 8 heteroatoms. The summed E-state index contributed by atoms with van der Waals surface area (Å²) < 4.78 is 7.32. The van der Waals surface area contributed by atoms with Gasteiger partial charge in [-0.05, 0) is 49.2 Å². The average Bonchev–Trinajstić information content (AvgIpc) is 3.29. The molecule has 3 heterocycles. The molecule has 0 fully saturated rings. The number of fused-ring (bicyclic) bond motifs is 3. The maximum Gasteiger partial charge on any atom is 0.332 e. The SMILES string of the molecule is Cc1ccc(-n2c(-c3ccc(Br)cc3)cn3c4c(=O)n(C)c(=O)n(C)c4nc23)cc1C. The zero-order valence-corrected chi connectivity index (χ0v) is 19.1. The lowest BCUT2D eigenvalue weighted by Gasteiger charge is -2.11. The number of hydrogen-bond donors (Lipinski definition) is 0. The summed E-state index contributed by atoms with van der Waals surface area (Å²) in [4.78, 5) is 30.1. The molecule has 156 valence electrons. The van der Waals surface area contributed by atoms with E-state index < -0.39 is 5.69 Å². The molecule has 0 spiro atoms. The Morgan fingerprint density at radius 2 is 1.61 bits per heavy atom. The highest BCUT2D eigenvalue weighted by Gasteiger charge is 2.21. The van der Waals surface area contributed by atoms with E-state index in [1.165, 1.54) is 17.2 Å². The predicted octanol–water partition coefficient (Wildman–Crippen LogP) is 3.72. The van der Waals surface area contributed by atoms with Crippen LogP contribution in [-0.2, 0) is 14.1 Å². The van der Waals surface area contributed by atoms with Crippen LogP contribution in [0.25, 0.3) is 33.9 Å². The number of imidazole rings is 2. The Labute approximate surface area is 185 Å². The number of benzene rings is 2. The summed E-state index contributed by atoms with van der Waals surface area (Å²) in [6, 6.07) is 14.2. The Morgan fingerprint density at radius 1 is 0.903 bits per heavy atom. The molecular weight excluding hydrogens is 458 g/mol. The van der Waals surface area contributed by atoms with E-state index in [2.05, 4.69) is 41.9 Å². The topological polar surface area (TPSA) is 66.2 Å². The Kier molecular flexibility index (Phi) is 4.30. The third-order valence-corrected chi connectivity index (χ3v) is 6.38. The van der Waals surface area contributed by atoms with Crippen molar-refractivity contribution in [3.8, 4) is 16.9 Å². The maximum absolute atomic E-state index is 13.0. The lowest BCUT2D eigenvalue weighted by Crippen LogP contribution is -2.37. The fourth-order valence-corrected chi connectivity index (χ4v) is 4.18. The summed E-state index contributed by atoms with van der Waals surface area (Å²) >= 11 is 3.49. The summed E-state index contributed by atoms with van der Waals surface area (Å²) in [6.45, 7) is 4.14. The van der Waals surface area contributed by atoms with E-state index in [1.807, 2.05) is 41.1 Å². The third kappa shape index (κ3) is 2.82. The first-order valence-corrected chi connectivity index (χ1v) is 10.6. The lowest BCUT2D eigenvalue weighted by atomic mass is 10.1. The van der Waals surface area contributed by atoms with Gasteiger partial charge in [0.15, 0.2) is 11.2 Å². The Balaban J connectivity index is 1.96. The van der Waals surface area contributed by atoms with E-state index in [4.69, 9.17) is 4.98 Å². The van der Waals surface area contributed by atoms with Crippen LogP contribution < -0.4 is 11.2 Å². The highest BCUT2D eigenvalue weighted by atomic mass is 79.9. The summed E-state index contributed by atoms with van der Waals surface area (Å²) in [5.41, 5.74) is 5.15. The van der Waals surface area contributed by atoms with Crippen LogP contribution in [0.5, 0.6) is 0 Å². The fraction of sp³-hybridized carbons (Fsp3) is 0.174. The first-order chi connectivity index (χ1) is 14.8. The molecule has 5 rings (SSSR count). The molecule has 0 aliphatic carbocycles. The van der Waals surface area contributed by atoms with Crippen molar-refractivity contribution in [2.75, 3.05) is 0 Å². The number of rotatable bonds is 2. The van der Waals surface area contributed by atoms with Gasteiger partial charge in [0, 0.05) is 36.0 Å². The molecule has 31 heavy (non-hydrogen) atoms. The molecule has 0 saturated heterocycles. The van der Waals surface area contributed by atoms with Crippen molar-refractivity contribution in [2.45, 2.75) is 13.8 Å². The summed E-state index contributed by atoms with van der Waals surface area (Å²) in [7, 11) is 3.12. The molecule has 0 N–H and O–H groups in total. The largest absolute Gasteiger partial charge is 0.332 e. The second kappa shape index (κ2) is 6.81. The standard InChI is InChI=1S/C23H20BrN5O2/c1-13-5-10-17(11-14(13)2)29-18(15-6-8-16(24)9-7-15)12-28-19-20(25-22(28)29)26(3)23(31)27(4)21(19)30/h5-12H,1-4H3. The Bertz CT molecular complexity index is 1620. The van der Waals surface area contributed by atoms with Crippen molar-refractivity contribution in [1.82, 2.24) is 23.1 Å². The van der Waals surface area contributed by atoms with Crippen LogP contribution in [0.1, 0.15) is 11.1 Å². The van der Waals surface area contributed by atoms with Gasteiger partial charge < -0.3 is 0 Å². The Hall–Kier alpha value is -3.39. The zero-order chi connectivity index (χ0) is 22.0. The van der Waals surface area contributed by atoms with Crippen LogP contribution in [0, 0.1) is 13.8 Å². The second-order valence-electron chi connectivity index (χ2n) is 7.78. The highest BCUT2D eigenvalue weighted by molar-refractivity contribution is 9.10. The van der Waals surface area contributed by atoms with Crippen molar-refractivity contribution in [3.05, 3.63) is 85.1 Å². The van der Waals surface area contributed by atoms with Gasteiger partial charge in [0.25, 0.3) is 5.56 Å². The van der Waals surface area contributed by atoms with E-state index in [0.29, 0.717) is 16.9 Å². The van der Waals surface area contributed by atoms with Crippen molar-refractivity contribution in [1.29, 1.82) is 0 Å². The van der Waals surface area contributed by atoms with Gasteiger partial charge in [0.2, 0.25) is 5.78 Å². The van der Waals surface area contributed by atoms with E-state index in [9.17, 15) is 9.59 Å². The first kappa shape index (κ1) is 19.6. The molecule has 0 unspecified atom stereocenters. The van der Waals surface area contributed by atoms with Crippen LogP contribution >= 0.6 is 15.9 Å². The van der Waals surface area contributed by atoms with Gasteiger partial charge in [-0.25, -0.2) is 4.79 Å². The molecule has 0 aliphatic rings. The van der Waals surface area contributed by atoms with Gasteiger partial charge in [0.05, 0.1) is 5.69 Å². The monoisotopic (exact) mass is 477 g/mol. The normalized spacial score (nSPS) is 11.6. The third-order valence-electron chi connectivity index (χ3n) is 5.85. The lowest BCUT2D eigenvalue weighted by molar-refractivity contribution is 0.708. The molecule has 0 saturated carbocycles. The van der Waals surface area contributed by atoms with Crippen LogP contribution in [0.2, 0.25) is 0 Å². The minimum Gasteiger partial charge on any atom is -0.279 e. The van der Waals surface area contributed by atoms with Crippen molar-refractivity contribution in [2.24, 2.45) is 14.1 Å². The van der Waals surface area contributed by atoms with E-state index in [0.717, 1.165) is 31.5 Å². The highest BCUT2D eigenvalue weighted by Crippen LogP contribution is 2.30. The smallest absolute Gasteiger partial charge is 0.279 e. The van der Waals surface area contributed by atoms with Crippen LogP contribution in [0.15, 0.2) is 62.7 Å². The summed E-state index contributed by atoms with van der Waals surface area (Å²) in [6.07, 6.45) is 1.91. The summed E-state index contributed by atoms with van der Waals surface area (Å²) in [5.74, 6) is 0.578. The van der Waals surface area contributed by atoms with Gasteiger partial charge in [-0.3, -0.25) is 22.9 Å². The van der Waals surface area contributed by atoms with Crippen LogP contribution in [0.3, 0.4) is 0 Å².